The maximum atomic E-state index is 13.1. The molecule has 3 aliphatic rings. The number of anilines is 2. The average Bonchev–Trinajstić information content (AvgIpc) is 3.69. The van der Waals surface area contributed by atoms with Gasteiger partial charge in [0, 0.05) is 6.20 Å². The number of aliphatic hydroxyl groups excluding tert-OH is 2. The topological polar surface area (TPSA) is 279 Å². The van der Waals surface area contributed by atoms with Crippen molar-refractivity contribution in [1.29, 1.82) is 0 Å². The molecule has 0 aliphatic carbocycles. The molecule has 8 N–H and O–H groups in total. The number of aliphatic hydroxyl groups is 2. The lowest BCUT2D eigenvalue weighted by Gasteiger charge is -2.26. The molecule has 0 amide bonds. The van der Waals surface area contributed by atoms with Gasteiger partial charge in [-0.25, -0.2) is 19.5 Å². The van der Waals surface area contributed by atoms with E-state index < -0.39 is 76.0 Å². The Morgan fingerprint density at radius 1 is 1.02 bits per heavy atom. The number of H-pyrrole nitrogens is 1. The number of hydrogen-bond donors (Lipinski definition) is 6. The number of hydrogen-bond acceptors (Lipinski definition) is 16. The fourth-order valence-corrected chi connectivity index (χ4v) is 6.18. The number of phosphoric acid groups is 1. The van der Waals surface area contributed by atoms with Crippen molar-refractivity contribution < 1.29 is 47.7 Å². The molecule has 7 rings (SSSR count). The molecule has 7 heterocycles. The molecule has 9 atom stereocenters. The van der Waals surface area contributed by atoms with Gasteiger partial charge in [-0.3, -0.25) is 23.4 Å². The Balaban J connectivity index is 1.17. The second-order valence-electron chi connectivity index (χ2n) is 9.69. The summed E-state index contributed by atoms with van der Waals surface area (Å²) in [6.45, 7) is -1.08. The van der Waals surface area contributed by atoms with Crippen LogP contribution in [0.1, 0.15) is 12.5 Å². The number of nitrogens with one attached hydrogen (secondary N) is 1. The second-order valence-corrected chi connectivity index (χ2v) is 11.1. The van der Waals surface area contributed by atoms with Gasteiger partial charge in [-0.15, -0.1) is 0 Å². The summed E-state index contributed by atoms with van der Waals surface area (Å²) in [4.78, 5) is 41.3. The van der Waals surface area contributed by atoms with E-state index >= 15 is 0 Å². The molecule has 42 heavy (non-hydrogen) atoms. The Hall–Kier alpha value is -3.56. The van der Waals surface area contributed by atoms with E-state index in [9.17, 15) is 24.5 Å². The molecular formula is C21H24N9O11P. The smallest absolute Gasteiger partial charge is 0.386 e. The molecule has 0 spiro atoms. The minimum absolute atomic E-state index is 0.0429. The monoisotopic (exact) mass is 609 g/mol. The number of ether oxygens (including phenoxy) is 4. The molecule has 4 aromatic heterocycles. The quantitative estimate of drug-likeness (QED) is 0.135. The van der Waals surface area contributed by atoms with Crippen molar-refractivity contribution in [2.24, 2.45) is 0 Å². The van der Waals surface area contributed by atoms with E-state index in [0.29, 0.717) is 11.0 Å². The molecular weight excluding hydrogens is 585 g/mol. The van der Waals surface area contributed by atoms with Crippen molar-refractivity contribution in [3.05, 3.63) is 35.3 Å². The van der Waals surface area contributed by atoms with Crippen LogP contribution in [0.25, 0.3) is 22.2 Å². The number of phosphoric ester groups is 1. The highest BCUT2D eigenvalue weighted by atomic mass is 31.2. The number of aromatic amines is 1. The number of rotatable bonds is 2. The number of imidazole rings is 1. The van der Waals surface area contributed by atoms with E-state index in [1.165, 1.54) is 21.8 Å². The fraction of sp³-hybridized carbons (Fsp3) is 0.476. The van der Waals surface area contributed by atoms with Gasteiger partial charge in [0.05, 0.1) is 18.3 Å². The van der Waals surface area contributed by atoms with Crippen LogP contribution in [0.2, 0.25) is 0 Å². The summed E-state index contributed by atoms with van der Waals surface area (Å²) >= 11 is 0. The highest BCUT2D eigenvalue weighted by Gasteiger charge is 2.52. The van der Waals surface area contributed by atoms with E-state index in [4.69, 9.17) is 39.5 Å². The third-order valence-corrected chi connectivity index (χ3v) is 8.15. The van der Waals surface area contributed by atoms with Crippen LogP contribution in [0.4, 0.5) is 11.8 Å². The van der Waals surface area contributed by atoms with Crippen LogP contribution in [-0.2, 0) is 32.6 Å². The Kier molecular flexibility index (Phi) is 6.51. The Morgan fingerprint density at radius 2 is 1.86 bits per heavy atom. The van der Waals surface area contributed by atoms with Crippen LogP contribution >= 0.6 is 7.82 Å². The summed E-state index contributed by atoms with van der Waals surface area (Å²) < 4.78 is 49.5. The Labute approximate surface area is 233 Å². The number of fused-ring (bicyclic) bond motifs is 5. The lowest BCUT2D eigenvalue weighted by molar-refractivity contribution is -0.234. The first-order chi connectivity index (χ1) is 20.1. The van der Waals surface area contributed by atoms with Crippen LogP contribution < -0.4 is 17.0 Å². The Bertz CT molecular complexity index is 1760. The predicted octanol–water partition coefficient (Wildman–Crippen LogP) is -1.92. The largest absolute Gasteiger partial charge is 0.472 e. The molecule has 4 aromatic rings. The van der Waals surface area contributed by atoms with Crippen molar-refractivity contribution in [2.75, 3.05) is 24.9 Å². The van der Waals surface area contributed by atoms with Gasteiger partial charge in [0.25, 0.3) is 5.56 Å². The standard InChI is InChI=1S/C21H24N9O11P/c22-14-7-1-2-29(15(7)25-4-24-14)18-10(31)12-8(39-18)3-38-42(34,35)41-13-11(32)20(37-6-36-12)40-19(13)30-5-26-9-16(30)27-21(23)28-17(9)33/h1-2,4-5,8,10-13,18-20,31-32H,3,6H2,(H,34,35)(H2,22,24,25)(H3,23,27,28,33). The molecule has 20 nitrogen and oxygen atoms in total. The highest BCUT2D eigenvalue weighted by molar-refractivity contribution is 7.47. The first-order valence-electron chi connectivity index (χ1n) is 12.5. The van der Waals surface area contributed by atoms with Crippen molar-refractivity contribution in [1.82, 2.24) is 34.1 Å². The van der Waals surface area contributed by atoms with Gasteiger partial charge in [-0.2, -0.15) is 4.98 Å². The third kappa shape index (κ3) is 4.45. The van der Waals surface area contributed by atoms with Crippen molar-refractivity contribution >= 4 is 41.8 Å². The molecule has 224 valence electrons. The van der Waals surface area contributed by atoms with Crippen LogP contribution in [0.3, 0.4) is 0 Å². The van der Waals surface area contributed by atoms with Crippen LogP contribution in [-0.4, -0.2) is 99.4 Å². The normalized spacial score (nSPS) is 35.7. The Morgan fingerprint density at radius 3 is 2.69 bits per heavy atom. The summed E-state index contributed by atoms with van der Waals surface area (Å²) in [5, 5.41) is 22.6. The number of nitrogens with zero attached hydrogens (tertiary/aromatic N) is 6. The van der Waals surface area contributed by atoms with Gasteiger partial charge in [0.2, 0.25) is 5.95 Å². The molecule has 0 radical (unpaired) electrons. The summed E-state index contributed by atoms with van der Waals surface area (Å²) in [5.41, 5.74) is 11.2. The van der Waals surface area contributed by atoms with Crippen molar-refractivity contribution in [3.8, 4) is 0 Å². The van der Waals surface area contributed by atoms with E-state index in [0.717, 1.165) is 0 Å². The third-order valence-electron chi connectivity index (χ3n) is 7.17. The predicted molar refractivity (Wildman–Crippen MR) is 136 cm³/mol. The minimum Gasteiger partial charge on any atom is -0.386 e. The molecule has 9 unspecified atom stereocenters. The number of aromatic nitrogens is 7. The summed E-state index contributed by atoms with van der Waals surface area (Å²) in [6.07, 6.45) is -6.63. The molecule has 2 bridgehead atoms. The van der Waals surface area contributed by atoms with E-state index in [1.54, 1.807) is 12.3 Å². The first kappa shape index (κ1) is 27.3. The highest BCUT2D eigenvalue weighted by Crippen LogP contribution is 2.50. The molecule has 3 saturated heterocycles. The number of nitrogens with two attached hydrogens (primary N) is 2. The summed E-state index contributed by atoms with van der Waals surface area (Å²) in [6, 6.07) is 1.65. The van der Waals surface area contributed by atoms with Gasteiger partial charge in [-0.05, 0) is 6.07 Å². The van der Waals surface area contributed by atoms with E-state index in [-0.39, 0.29) is 22.9 Å². The van der Waals surface area contributed by atoms with Crippen molar-refractivity contribution in [2.45, 2.75) is 49.3 Å². The SMILES string of the molecule is Nc1nc2c(ncn2C2OC3OCOC4C(COP(=O)(O)OC2C3O)OC(n2ccc3c(N)ncnc32)C4O)c(=O)[nH]1. The molecule has 21 heteroatoms. The van der Waals surface area contributed by atoms with Crippen LogP contribution in [0, 0.1) is 0 Å². The van der Waals surface area contributed by atoms with Gasteiger partial charge < -0.3 is 50.1 Å². The van der Waals surface area contributed by atoms with Gasteiger partial charge >= 0.3 is 7.82 Å². The van der Waals surface area contributed by atoms with E-state index in [1.807, 2.05) is 0 Å². The maximum Gasteiger partial charge on any atom is 0.472 e. The first-order valence-corrected chi connectivity index (χ1v) is 14.0. The molecule has 3 fully saturated rings. The zero-order chi connectivity index (χ0) is 29.3. The summed E-state index contributed by atoms with van der Waals surface area (Å²) in [7, 11) is -4.94. The van der Waals surface area contributed by atoms with Crippen LogP contribution in [0.15, 0.2) is 29.7 Å². The average molecular weight is 609 g/mol. The van der Waals surface area contributed by atoms with Gasteiger partial charge in [-0.1, -0.05) is 0 Å². The lowest BCUT2D eigenvalue weighted by Crippen LogP contribution is -2.40. The zero-order valence-corrected chi connectivity index (χ0v) is 22.1. The van der Waals surface area contributed by atoms with E-state index in [2.05, 4.69) is 24.9 Å². The van der Waals surface area contributed by atoms with Crippen molar-refractivity contribution in [3.63, 3.8) is 0 Å². The number of nitrogen functional groups attached to an aromatic ring is 2. The van der Waals surface area contributed by atoms with Crippen LogP contribution in [0.5, 0.6) is 0 Å². The van der Waals surface area contributed by atoms with Gasteiger partial charge in [0.1, 0.15) is 48.3 Å². The minimum atomic E-state index is -4.94. The summed E-state index contributed by atoms with van der Waals surface area (Å²) in [5.74, 6) is 0.00600. The fourth-order valence-electron chi connectivity index (χ4n) is 5.25. The molecule has 3 aliphatic heterocycles. The second kappa shape index (κ2) is 10.0. The molecule has 0 saturated carbocycles. The maximum absolute atomic E-state index is 13.1. The zero-order valence-electron chi connectivity index (χ0n) is 21.2. The van der Waals surface area contributed by atoms with Gasteiger partial charge in [0.15, 0.2) is 36.7 Å². The lowest BCUT2D eigenvalue weighted by atomic mass is 10.1. The molecule has 0 aromatic carbocycles.